The van der Waals surface area contributed by atoms with Crippen LogP contribution in [-0.4, -0.2) is 28.8 Å². The molecule has 3 N–H and O–H groups in total. The molecule has 0 bridgehead atoms. The first-order valence-electron chi connectivity index (χ1n) is 5.09. The zero-order chi connectivity index (χ0) is 10.8. The topological polar surface area (TPSA) is 72.5 Å². The summed E-state index contributed by atoms with van der Waals surface area (Å²) in [6.07, 6.45) is 4.07. The van der Waals surface area contributed by atoms with E-state index in [0.717, 1.165) is 25.7 Å². The Balaban J connectivity index is 0.00000196. The summed E-state index contributed by atoms with van der Waals surface area (Å²) in [5, 5.41) is 9.50. The third-order valence-electron chi connectivity index (χ3n) is 2.60. The summed E-state index contributed by atoms with van der Waals surface area (Å²) in [7, 11) is 0. The SMILES string of the molecule is CC(C)(O)[C@H](N)C(=O)OC1CCCC1.Cl. The molecule has 1 fully saturated rings. The van der Waals surface area contributed by atoms with E-state index in [2.05, 4.69) is 0 Å². The third-order valence-corrected chi connectivity index (χ3v) is 2.60. The summed E-state index contributed by atoms with van der Waals surface area (Å²) in [5.74, 6) is -0.496. The molecule has 1 atom stereocenters. The van der Waals surface area contributed by atoms with Gasteiger partial charge in [-0.05, 0) is 39.5 Å². The van der Waals surface area contributed by atoms with E-state index < -0.39 is 17.6 Å². The predicted molar refractivity (Wildman–Crippen MR) is 59.9 cm³/mol. The fourth-order valence-corrected chi connectivity index (χ4v) is 1.53. The van der Waals surface area contributed by atoms with Gasteiger partial charge in [0.05, 0.1) is 5.60 Å². The second-order valence-corrected chi connectivity index (χ2v) is 4.47. The number of ether oxygens (including phenoxy) is 1. The van der Waals surface area contributed by atoms with E-state index in [1.54, 1.807) is 0 Å². The lowest BCUT2D eigenvalue weighted by molar-refractivity contribution is -0.155. The van der Waals surface area contributed by atoms with Crippen molar-refractivity contribution in [2.45, 2.75) is 57.3 Å². The van der Waals surface area contributed by atoms with Crippen LogP contribution in [0.2, 0.25) is 0 Å². The second-order valence-electron chi connectivity index (χ2n) is 4.47. The van der Waals surface area contributed by atoms with Gasteiger partial charge in [0, 0.05) is 0 Å². The smallest absolute Gasteiger partial charge is 0.326 e. The Hall–Kier alpha value is -0.320. The average molecular weight is 238 g/mol. The van der Waals surface area contributed by atoms with Gasteiger partial charge in [-0.25, -0.2) is 0 Å². The molecule has 1 rings (SSSR count). The first kappa shape index (κ1) is 14.7. The van der Waals surface area contributed by atoms with Crippen molar-refractivity contribution in [2.75, 3.05) is 0 Å². The minimum absolute atomic E-state index is 0. The van der Waals surface area contributed by atoms with Gasteiger partial charge in [-0.15, -0.1) is 12.4 Å². The maximum atomic E-state index is 11.4. The van der Waals surface area contributed by atoms with Crippen LogP contribution in [0.3, 0.4) is 0 Å². The molecule has 0 aromatic rings. The van der Waals surface area contributed by atoms with E-state index in [-0.39, 0.29) is 18.5 Å². The fourth-order valence-electron chi connectivity index (χ4n) is 1.53. The summed E-state index contributed by atoms with van der Waals surface area (Å²) in [6.45, 7) is 3.02. The van der Waals surface area contributed by atoms with Crippen molar-refractivity contribution in [3.63, 3.8) is 0 Å². The van der Waals surface area contributed by atoms with Crippen molar-refractivity contribution < 1.29 is 14.6 Å². The van der Waals surface area contributed by atoms with E-state index in [1.165, 1.54) is 13.8 Å². The normalized spacial score (nSPS) is 19.5. The minimum Gasteiger partial charge on any atom is -0.461 e. The van der Waals surface area contributed by atoms with E-state index in [0.29, 0.717) is 0 Å². The van der Waals surface area contributed by atoms with Crippen LogP contribution in [0.1, 0.15) is 39.5 Å². The molecule has 0 aromatic carbocycles. The van der Waals surface area contributed by atoms with Gasteiger partial charge in [-0.1, -0.05) is 0 Å². The molecular weight excluding hydrogens is 218 g/mol. The van der Waals surface area contributed by atoms with Crippen LogP contribution >= 0.6 is 12.4 Å². The highest BCUT2D eigenvalue weighted by Crippen LogP contribution is 2.22. The highest BCUT2D eigenvalue weighted by molar-refractivity contribution is 5.85. The molecular formula is C10H20ClNO3. The van der Waals surface area contributed by atoms with Crippen LogP contribution in [0.25, 0.3) is 0 Å². The lowest BCUT2D eigenvalue weighted by Crippen LogP contribution is -2.50. The fraction of sp³-hybridized carbons (Fsp3) is 0.900. The Bertz CT molecular complexity index is 209. The second kappa shape index (κ2) is 5.68. The zero-order valence-corrected chi connectivity index (χ0v) is 10.0. The standard InChI is InChI=1S/C10H19NO3.ClH/c1-10(2,13)8(11)9(12)14-7-5-3-4-6-7;/h7-8,13H,3-6,11H2,1-2H3;1H/t8-;/m1./s1. The molecule has 0 spiro atoms. The molecule has 1 aliphatic rings. The van der Waals surface area contributed by atoms with Gasteiger partial charge in [0.2, 0.25) is 0 Å². The first-order chi connectivity index (χ1) is 6.41. The lowest BCUT2D eigenvalue weighted by Gasteiger charge is -2.25. The van der Waals surface area contributed by atoms with E-state index >= 15 is 0 Å². The van der Waals surface area contributed by atoms with Crippen molar-refractivity contribution in [1.29, 1.82) is 0 Å². The van der Waals surface area contributed by atoms with Crippen molar-refractivity contribution in [2.24, 2.45) is 5.73 Å². The molecule has 0 amide bonds. The number of rotatable bonds is 3. The summed E-state index contributed by atoms with van der Waals surface area (Å²) in [6, 6.07) is -0.955. The highest BCUT2D eigenvalue weighted by Gasteiger charge is 2.32. The Morgan fingerprint density at radius 1 is 1.47 bits per heavy atom. The average Bonchev–Trinajstić information content (AvgIpc) is 2.53. The van der Waals surface area contributed by atoms with Crippen molar-refractivity contribution >= 4 is 18.4 Å². The number of hydrogen-bond acceptors (Lipinski definition) is 4. The molecule has 0 unspecified atom stereocenters. The Morgan fingerprint density at radius 2 is 1.93 bits per heavy atom. The van der Waals surface area contributed by atoms with Crippen LogP contribution in [0.15, 0.2) is 0 Å². The zero-order valence-electron chi connectivity index (χ0n) is 9.23. The monoisotopic (exact) mass is 237 g/mol. The van der Waals surface area contributed by atoms with Gasteiger partial charge in [-0.3, -0.25) is 4.79 Å². The number of carbonyl (C=O) groups is 1. The van der Waals surface area contributed by atoms with Crippen molar-refractivity contribution in [3.8, 4) is 0 Å². The minimum atomic E-state index is -1.21. The maximum absolute atomic E-state index is 11.4. The summed E-state index contributed by atoms with van der Waals surface area (Å²) >= 11 is 0. The molecule has 4 nitrogen and oxygen atoms in total. The van der Waals surface area contributed by atoms with Crippen LogP contribution < -0.4 is 5.73 Å². The number of nitrogens with two attached hydrogens (primary N) is 1. The molecule has 15 heavy (non-hydrogen) atoms. The van der Waals surface area contributed by atoms with Gasteiger partial charge in [-0.2, -0.15) is 0 Å². The molecule has 0 aromatic heterocycles. The third kappa shape index (κ3) is 4.36. The van der Waals surface area contributed by atoms with E-state index in [1.807, 2.05) is 0 Å². The Morgan fingerprint density at radius 3 is 2.33 bits per heavy atom. The number of halogens is 1. The van der Waals surface area contributed by atoms with Crippen molar-refractivity contribution in [1.82, 2.24) is 0 Å². The quantitative estimate of drug-likeness (QED) is 0.719. The molecule has 1 aliphatic carbocycles. The summed E-state index contributed by atoms with van der Waals surface area (Å²) < 4.78 is 5.18. The molecule has 1 saturated carbocycles. The Labute approximate surface area is 96.6 Å². The number of aliphatic hydroxyl groups is 1. The van der Waals surface area contributed by atoms with E-state index in [4.69, 9.17) is 10.5 Å². The molecule has 0 radical (unpaired) electrons. The molecule has 0 heterocycles. The molecule has 90 valence electrons. The first-order valence-corrected chi connectivity index (χ1v) is 5.09. The number of esters is 1. The van der Waals surface area contributed by atoms with Gasteiger partial charge >= 0.3 is 5.97 Å². The Kier molecular flexibility index (Phi) is 5.56. The van der Waals surface area contributed by atoms with Gasteiger partial charge < -0.3 is 15.6 Å². The van der Waals surface area contributed by atoms with Gasteiger partial charge in [0.1, 0.15) is 12.1 Å². The van der Waals surface area contributed by atoms with Crippen molar-refractivity contribution in [3.05, 3.63) is 0 Å². The van der Waals surface area contributed by atoms with Crippen LogP contribution in [0.4, 0.5) is 0 Å². The van der Waals surface area contributed by atoms with Gasteiger partial charge in [0.15, 0.2) is 0 Å². The summed E-state index contributed by atoms with van der Waals surface area (Å²) in [5.41, 5.74) is 4.34. The van der Waals surface area contributed by atoms with Crippen LogP contribution in [-0.2, 0) is 9.53 Å². The molecule has 0 saturated heterocycles. The largest absolute Gasteiger partial charge is 0.461 e. The molecule has 5 heteroatoms. The summed E-state index contributed by atoms with van der Waals surface area (Å²) in [4.78, 5) is 11.4. The van der Waals surface area contributed by atoms with Gasteiger partial charge in [0.25, 0.3) is 0 Å². The maximum Gasteiger partial charge on any atom is 0.326 e. The lowest BCUT2D eigenvalue weighted by atomic mass is 10.0. The van der Waals surface area contributed by atoms with Crippen LogP contribution in [0, 0.1) is 0 Å². The molecule has 0 aliphatic heterocycles. The predicted octanol–water partition coefficient (Wildman–Crippen LogP) is 0.992. The van der Waals surface area contributed by atoms with Crippen LogP contribution in [0.5, 0.6) is 0 Å². The number of hydrogen-bond donors (Lipinski definition) is 2. The number of carbonyl (C=O) groups excluding carboxylic acids is 1. The van der Waals surface area contributed by atoms with E-state index in [9.17, 15) is 9.90 Å². The highest BCUT2D eigenvalue weighted by atomic mass is 35.5.